The van der Waals surface area contributed by atoms with E-state index < -0.39 is 0 Å². The van der Waals surface area contributed by atoms with Gasteiger partial charge < -0.3 is 10.1 Å². The zero-order valence-electron chi connectivity index (χ0n) is 13.8. The number of benzene rings is 1. The number of ether oxygens (including phenoxy) is 1. The summed E-state index contributed by atoms with van der Waals surface area (Å²) in [5.41, 5.74) is 3.48. The topological polar surface area (TPSA) is 55.6 Å². The van der Waals surface area contributed by atoms with Gasteiger partial charge in [-0.05, 0) is 37.1 Å². The first-order chi connectivity index (χ1) is 11.5. The van der Waals surface area contributed by atoms with Crippen LogP contribution in [0.25, 0.3) is 5.65 Å². The number of nitrogens with zero attached hydrogens (tertiary/aromatic N) is 2. The van der Waals surface area contributed by atoms with Crippen LogP contribution in [0.2, 0.25) is 5.02 Å². The lowest BCUT2D eigenvalue weighted by Gasteiger charge is -2.12. The molecule has 0 saturated heterocycles. The van der Waals surface area contributed by atoms with Gasteiger partial charge in [-0.1, -0.05) is 24.6 Å². The summed E-state index contributed by atoms with van der Waals surface area (Å²) in [5, 5.41) is 3.51. The van der Waals surface area contributed by atoms with E-state index in [4.69, 9.17) is 16.3 Å². The minimum atomic E-state index is -0.231. The van der Waals surface area contributed by atoms with Crippen molar-refractivity contribution in [3.63, 3.8) is 0 Å². The lowest BCUT2D eigenvalue weighted by molar-refractivity contribution is 0.102. The maximum absolute atomic E-state index is 12.9. The van der Waals surface area contributed by atoms with E-state index in [1.165, 1.54) is 0 Å². The number of imidazole rings is 1. The number of nitrogens with one attached hydrogen (secondary N) is 1. The Bertz CT molecular complexity index is 918. The molecule has 6 heteroatoms. The van der Waals surface area contributed by atoms with Gasteiger partial charge in [0, 0.05) is 17.3 Å². The van der Waals surface area contributed by atoms with Crippen molar-refractivity contribution in [2.45, 2.75) is 20.3 Å². The smallest absolute Gasteiger partial charge is 0.274 e. The second-order valence-electron chi connectivity index (χ2n) is 5.45. The van der Waals surface area contributed by atoms with Crippen molar-refractivity contribution in [1.29, 1.82) is 0 Å². The second kappa shape index (κ2) is 6.53. The summed E-state index contributed by atoms with van der Waals surface area (Å²) in [7, 11) is 1.54. The van der Waals surface area contributed by atoms with E-state index in [0.717, 1.165) is 16.9 Å². The summed E-state index contributed by atoms with van der Waals surface area (Å²) in [4.78, 5) is 17.4. The number of halogens is 1. The number of anilines is 1. The van der Waals surface area contributed by atoms with Crippen molar-refractivity contribution >= 4 is 28.8 Å². The van der Waals surface area contributed by atoms with Crippen molar-refractivity contribution in [3.8, 4) is 5.75 Å². The molecule has 0 unspecified atom stereocenters. The van der Waals surface area contributed by atoms with Crippen LogP contribution in [0.3, 0.4) is 0 Å². The number of hydrogen-bond acceptors (Lipinski definition) is 3. The molecule has 3 aromatic rings. The number of methoxy groups -OCH3 is 1. The summed E-state index contributed by atoms with van der Waals surface area (Å²) >= 11 is 6.12. The number of fused-ring (bicyclic) bond motifs is 1. The van der Waals surface area contributed by atoms with Gasteiger partial charge in [-0.15, -0.1) is 0 Å². The predicted octanol–water partition coefficient (Wildman–Crippen LogP) is 4.12. The van der Waals surface area contributed by atoms with Gasteiger partial charge in [-0.2, -0.15) is 0 Å². The maximum Gasteiger partial charge on any atom is 0.274 e. The van der Waals surface area contributed by atoms with Gasteiger partial charge in [-0.25, -0.2) is 4.98 Å². The van der Waals surface area contributed by atoms with Crippen LogP contribution in [0.4, 0.5) is 5.69 Å². The molecule has 124 valence electrons. The molecule has 0 fully saturated rings. The average Bonchev–Trinajstić information content (AvgIpc) is 2.96. The lowest BCUT2D eigenvalue weighted by Crippen LogP contribution is -2.17. The highest BCUT2D eigenvalue weighted by molar-refractivity contribution is 6.31. The van der Waals surface area contributed by atoms with Gasteiger partial charge in [0.2, 0.25) is 0 Å². The Morgan fingerprint density at radius 2 is 2.17 bits per heavy atom. The number of carbonyl (C=O) groups is 1. The third-order valence-corrected chi connectivity index (χ3v) is 4.29. The van der Waals surface area contributed by atoms with Crippen LogP contribution in [-0.2, 0) is 6.42 Å². The Hall–Kier alpha value is -2.53. The Balaban J connectivity index is 2.04. The normalized spacial score (nSPS) is 10.8. The van der Waals surface area contributed by atoms with Crippen molar-refractivity contribution in [1.82, 2.24) is 9.38 Å². The van der Waals surface area contributed by atoms with Crippen LogP contribution >= 0.6 is 11.6 Å². The molecule has 0 aliphatic rings. The SMILES string of the molecule is CCc1nc2ccccn2c1C(=O)Nc1cc(C)c(Cl)cc1OC. The van der Waals surface area contributed by atoms with E-state index in [9.17, 15) is 4.79 Å². The van der Waals surface area contributed by atoms with Crippen LogP contribution in [0, 0.1) is 6.92 Å². The van der Waals surface area contributed by atoms with Crippen molar-refractivity contribution < 1.29 is 9.53 Å². The molecule has 1 aromatic carbocycles. The molecule has 0 aliphatic heterocycles. The molecule has 2 heterocycles. The predicted molar refractivity (Wildman–Crippen MR) is 95.3 cm³/mol. The number of rotatable bonds is 4. The number of pyridine rings is 1. The number of aryl methyl sites for hydroxylation is 2. The molecular weight excluding hydrogens is 326 g/mol. The van der Waals surface area contributed by atoms with Gasteiger partial charge in [0.25, 0.3) is 5.91 Å². The Labute approximate surface area is 145 Å². The van der Waals surface area contributed by atoms with Crippen molar-refractivity contribution in [3.05, 3.63) is 58.5 Å². The van der Waals surface area contributed by atoms with Crippen LogP contribution in [0.15, 0.2) is 36.5 Å². The highest BCUT2D eigenvalue weighted by Crippen LogP contribution is 2.31. The largest absolute Gasteiger partial charge is 0.495 e. The minimum absolute atomic E-state index is 0.231. The number of aromatic nitrogens is 2. The van der Waals surface area contributed by atoms with E-state index in [1.54, 1.807) is 23.6 Å². The Morgan fingerprint density at radius 3 is 2.88 bits per heavy atom. The summed E-state index contributed by atoms with van der Waals surface area (Å²) in [6, 6.07) is 9.14. The Kier molecular flexibility index (Phi) is 4.44. The molecule has 1 N–H and O–H groups in total. The first kappa shape index (κ1) is 16.3. The third-order valence-electron chi connectivity index (χ3n) is 3.88. The summed E-state index contributed by atoms with van der Waals surface area (Å²) < 4.78 is 7.12. The van der Waals surface area contributed by atoms with Gasteiger partial charge >= 0.3 is 0 Å². The van der Waals surface area contributed by atoms with E-state index in [2.05, 4.69) is 10.3 Å². The molecule has 0 aliphatic carbocycles. The van der Waals surface area contributed by atoms with Gasteiger partial charge in [0.15, 0.2) is 0 Å². The first-order valence-corrected chi connectivity index (χ1v) is 8.04. The van der Waals surface area contributed by atoms with Crippen molar-refractivity contribution in [2.75, 3.05) is 12.4 Å². The molecule has 0 radical (unpaired) electrons. The monoisotopic (exact) mass is 343 g/mol. The second-order valence-corrected chi connectivity index (χ2v) is 5.85. The Morgan fingerprint density at radius 1 is 1.38 bits per heavy atom. The third kappa shape index (κ3) is 2.83. The van der Waals surface area contributed by atoms with E-state index in [1.807, 2.05) is 38.2 Å². The maximum atomic E-state index is 12.9. The molecular formula is C18H18ClN3O2. The summed E-state index contributed by atoms with van der Waals surface area (Å²) in [6.07, 6.45) is 2.50. The lowest BCUT2D eigenvalue weighted by atomic mass is 10.2. The average molecular weight is 344 g/mol. The highest BCUT2D eigenvalue weighted by atomic mass is 35.5. The van der Waals surface area contributed by atoms with Crippen molar-refractivity contribution in [2.24, 2.45) is 0 Å². The van der Waals surface area contributed by atoms with E-state index in [-0.39, 0.29) is 5.91 Å². The zero-order chi connectivity index (χ0) is 17.3. The molecule has 0 atom stereocenters. The molecule has 2 aromatic heterocycles. The molecule has 24 heavy (non-hydrogen) atoms. The summed E-state index contributed by atoms with van der Waals surface area (Å²) in [6.45, 7) is 3.86. The van der Waals surface area contributed by atoms with Gasteiger partial charge in [-0.3, -0.25) is 9.20 Å². The van der Waals surface area contributed by atoms with Crippen LogP contribution < -0.4 is 10.1 Å². The molecule has 0 bridgehead atoms. The molecule has 3 rings (SSSR count). The highest BCUT2D eigenvalue weighted by Gasteiger charge is 2.19. The van der Waals surface area contributed by atoms with E-state index in [0.29, 0.717) is 28.6 Å². The molecule has 1 amide bonds. The van der Waals surface area contributed by atoms with Crippen LogP contribution in [0.5, 0.6) is 5.75 Å². The number of hydrogen-bond donors (Lipinski definition) is 1. The quantitative estimate of drug-likeness (QED) is 0.775. The fraction of sp³-hybridized carbons (Fsp3) is 0.222. The van der Waals surface area contributed by atoms with Crippen LogP contribution in [-0.4, -0.2) is 22.4 Å². The molecule has 0 spiro atoms. The standard InChI is InChI=1S/C18H18ClN3O2/c1-4-13-17(22-8-6-5-7-16(22)20-13)18(23)21-14-9-11(2)12(19)10-15(14)24-3/h5-10H,4H2,1-3H3,(H,21,23). The zero-order valence-corrected chi connectivity index (χ0v) is 14.5. The fourth-order valence-electron chi connectivity index (χ4n) is 2.64. The van der Waals surface area contributed by atoms with Gasteiger partial charge in [0.05, 0.1) is 18.5 Å². The van der Waals surface area contributed by atoms with E-state index >= 15 is 0 Å². The fourth-order valence-corrected chi connectivity index (χ4v) is 2.80. The number of carbonyl (C=O) groups excluding carboxylic acids is 1. The summed E-state index contributed by atoms with van der Waals surface area (Å²) in [5.74, 6) is 0.288. The first-order valence-electron chi connectivity index (χ1n) is 7.66. The minimum Gasteiger partial charge on any atom is -0.495 e. The molecule has 5 nitrogen and oxygen atoms in total. The molecule has 0 saturated carbocycles. The van der Waals surface area contributed by atoms with Gasteiger partial charge in [0.1, 0.15) is 17.1 Å². The number of amides is 1. The van der Waals surface area contributed by atoms with Crippen LogP contribution in [0.1, 0.15) is 28.7 Å².